The maximum atomic E-state index is 11.5. The zero-order valence-corrected chi connectivity index (χ0v) is 11.9. The molecular weight excluding hydrogens is 258 g/mol. The molecule has 0 bridgehead atoms. The second kappa shape index (κ2) is 5.92. The zero-order chi connectivity index (χ0) is 14.7. The summed E-state index contributed by atoms with van der Waals surface area (Å²) in [6.07, 6.45) is 1.86. The molecule has 0 amide bonds. The number of aromatic carboxylic acids is 1. The number of ether oxygens (including phenoxy) is 1. The third-order valence-corrected chi connectivity index (χ3v) is 2.95. The standard InChI is InChI=1S/C14H19N3O3/c1-10(2)20-9-8-16(3)13-12(14(18)19)17-7-5-4-6-11(17)15-13/h4-7,10H,8-9H2,1-3H3,(H,18,19). The zero-order valence-electron chi connectivity index (χ0n) is 11.9. The summed E-state index contributed by atoms with van der Waals surface area (Å²) >= 11 is 0. The molecule has 0 aliphatic carbocycles. The van der Waals surface area contributed by atoms with Gasteiger partial charge in [0, 0.05) is 19.8 Å². The number of hydrogen-bond donors (Lipinski definition) is 1. The van der Waals surface area contributed by atoms with E-state index >= 15 is 0 Å². The molecule has 20 heavy (non-hydrogen) atoms. The SMILES string of the molecule is CC(C)OCCN(C)c1nc2ccccn2c1C(=O)O. The predicted molar refractivity (Wildman–Crippen MR) is 76.5 cm³/mol. The maximum Gasteiger partial charge on any atom is 0.356 e. The van der Waals surface area contributed by atoms with Crippen molar-refractivity contribution in [3.63, 3.8) is 0 Å². The minimum Gasteiger partial charge on any atom is -0.476 e. The van der Waals surface area contributed by atoms with Crippen LogP contribution >= 0.6 is 0 Å². The summed E-state index contributed by atoms with van der Waals surface area (Å²) in [5.74, 6) is -0.536. The number of carboxylic acid groups (broad SMARTS) is 1. The van der Waals surface area contributed by atoms with Crippen molar-refractivity contribution in [1.82, 2.24) is 9.38 Å². The van der Waals surface area contributed by atoms with E-state index in [1.165, 1.54) is 0 Å². The summed E-state index contributed by atoms with van der Waals surface area (Å²) in [6, 6.07) is 5.40. The molecule has 0 aliphatic rings. The van der Waals surface area contributed by atoms with Crippen LogP contribution in [0.5, 0.6) is 0 Å². The topological polar surface area (TPSA) is 67.1 Å². The van der Waals surface area contributed by atoms with Gasteiger partial charge in [0.15, 0.2) is 11.5 Å². The number of anilines is 1. The molecule has 0 atom stereocenters. The molecule has 1 N–H and O–H groups in total. The highest BCUT2D eigenvalue weighted by Crippen LogP contribution is 2.20. The van der Waals surface area contributed by atoms with E-state index in [4.69, 9.17) is 4.74 Å². The lowest BCUT2D eigenvalue weighted by Crippen LogP contribution is -2.26. The van der Waals surface area contributed by atoms with Gasteiger partial charge in [0.05, 0.1) is 12.7 Å². The Labute approximate surface area is 117 Å². The van der Waals surface area contributed by atoms with Gasteiger partial charge in [-0.05, 0) is 26.0 Å². The lowest BCUT2D eigenvalue weighted by atomic mass is 10.4. The summed E-state index contributed by atoms with van der Waals surface area (Å²) in [4.78, 5) is 17.7. The maximum absolute atomic E-state index is 11.5. The summed E-state index contributed by atoms with van der Waals surface area (Å²) in [7, 11) is 1.82. The van der Waals surface area contributed by atoms with Crippen LogP contribution in [0, 0.1) is 0 Å². The van der Waals surface area contributed by atoms with Crippen molar-refractivity contribution >= 4 is 17.4 Å². The van der Waals surface area contributed by atoms with E-state index in [1.807, 2.05) is 27.0 Å². The molecule has 2 heterocycles. The number of imidazole rings is 1. The van der Waals surface area contributed by atoms with Crippen molar-refractivity contribution in [2.75, 3.05) is 25.1 Å². The van der Waals surface area contributed by atoms with Gasteiger partial charge in [-0.2, -0.15) is 0 Å². The van der Waals surface area contributed by atoms with Gasteiger partial charge in [-0.15, -0.1) is 0 Å². The minimum atomic E-state index is -0.990. The van der Waals surface area contributed by atoms with E-state index in [-0.39, 0.29) is 11.8 Å². The molecular formula is C14H19N3O3. The summed E-state index contributed by atoms with van der Waals surface area (Å²) in [5, 5.41) is 9.40. The van der Waals surface area contributed by atoms with Crippen LogP contribution in [-0.2, 0) is 4.74 Å². The smallest absolute Gasteiger partial charge is 0.356 e. The average Bonchev–Trinajstić information content (AvgIpc) is 2.77. The number of fused-ring (bicyclic) bond motifs is 1. The van der Waals surface area contributed by atoms with Crippen molar-refractivity contribution in [3.05, 3.63) is 30.1 Å². The van der Waals surface area contributed by atoms with Crippen molar-refractivity contribution in [2.45, 2.75) is 20.0 Å². The number of carboxylic acids is 1. The summed E-state index contributed by atoms with van der Waals surface area (Å²) in [5.41, 5.74) is 0.796. The lowest BCUT2D eigenvalue weighted by Gasteiger charge is -2.18. The Bertz CT molecular complexity index is 607. The monoisotopic (exact) mass is 277 g/mol. The molecule has 2 rings (SSSR count). The van der Waals surface area contributed by atoms with Gasteiger partial charge >= 0.3 is 5.97 Å². The molecule has 0 unspecified atom stereocenters. The van der Waals surface area contributed by atoms with Gasteiger partial charge in [-0.3, -0.25) is 4.40 Å². The average molecular weight is 277 g/mol. The van der Waals surface area contributed by atoms with Gasteiger partial charge < -0.3 is 14.7 Å². The Kier molecular flexibility index (Phi) is 4.24. The van der Waals surface area contributed by atoms with E-state index < -0.39 is 5.97 Å². The molecule has 0 aliphatic heterocycles. The van der Waals surface area contributed by atoms with Gasteiger partial charge in [-0.1, -0.05) is 6.07 Å². The van der Waals surface area contributed by atoms with E-state index in [1.54, 1.807) is 27.6 Å². The highest BCUT2D eigenvalue weighted by molar-refractivity contribution is 5.93. The normalized spacial score (nSPS) is 11.2. The molecule has 0 spiro atoms. The van der Waals surface area contributed by atoms with Gasteiger partial charge in [0.25, 0.3) is 0 Å². The van der Waals surface area contributed by atoms with Crippen molar-refractivity contribution < 1.29 is 14.6 Å². The first-order valence-corrected chi connectivity index (χ1v) is 6.54. The minimum absolute atomic E-state index is 0.156. The van der Waals surface area contributed by atoms with Gasteiger partial charge in [0.2, 0.25) is 0 Å². The van der Waals surface area contributed by atoms with Crippen LogP contribution in [0.2, 0.25) is 0 Å². The molecule has 108 valence electrons. The highest BCUT2D eigenvalue weighted by atomic mass is 16.5. The molecule has 6 heteroatoms. The number of likely N-dealkylation sites (N-methyl/N-ethyl adjacent to an activating group) is 1. The molecule has 6 nitrogen and oxygen atoms in total. The number of nitrogens with zero attached hydrogens (tertiary/aromatic N) is 3. The quantitative estimate of drug-likeness (QED) is 0.873. The van der Waals surface area contributed by atoms with Crippen LogP contribution in [0.25, 0.3) is 5.65 Å². The number of pyridine rings is 1. The van der Waals surface area contributed by atoms with Crippen LogP contribution in [0.4, 0.5) is 5.82 Å². The Morgan fingerprint density at radius 1 is 1.50 bits per heavy atom. The van der Waals surface area contributed by atoms with Crippen LogP contribution in [-0.4, -0.2) is 46.8 Å². The number of hydrogen-bond acceptors (Lipinski definition) is 4. The molecule has 2 aromatic rings. The fraction of sp³-hybridized carbons (Fsp3) is 0.429. The predicted octanol–water partition coefficient (Wildman–Crippen LogP) is 1.89. The Morgan fingerprint density at radius 2 is 2.25 bits per heavy atom. The van der Waals surface area contributed by atoms with E-state index in [0.29, 0.717) is 24.6 Å². The van der Waals surface area contributed by atoms with Crippen LogP contribution in [0.3, 0.4) is 0 Å². The second-order valence-corrected chi connectivity index (χ2v) is 4.86. The molecule has 2 aromatic heterocycles. The highest BCUT2D eigenvalue weighted by Gasteiger charge is 2.21. The van der Waals surface area contributed by atoms with Crippen LogP contribution in [0.15, 0.2) is 24.4 Å². The number of rotatable bonds is 6. The van der Waals surface area contributed by atoms with Gasteiger partial charge in [0.1, 0.15) is 5.65 Å². The van der Waals surface area contributed by atoms with E-state index in [2.05, 4.69) is 4.98 Å². The largest absolute Gasteiger partial charge is 0.476 e. The first-order chi connectivity index (χ1) is 9.50. The first-order valence-electron chi connectivity index (χ1n) is 6.54. The van der Waals surface area contributed by atoms with Gasteiger partial charge in [-0.25, -0.2) is 9.78 Å². The van der Waals surface area contributed by atoms with E-state index in [0.717, 1.165) is 0 Å². The molecule has 0 aromatic carbocycles. The third-order valence-electron chi connectivity index (χ3n) is 2.95. The third kappa shape index (κ3) is 2.91. The molecule has 0 saturated carbocycles. The number of aromatic nitrogens is 2. The Morgan fingerprint density at radius 3 is 2.90 bits per heavy atom. The molecule has 0 saturated heterocycles. The fourth-order valence-corrected chi connectivity index (χ4v) is 1.98. The Balaban J connectivity index is 2.28. The first kappa shape index (κ1) is 14.3. The lowest BCUT2D eigenvalue weighted by molar-refractivity contribution is 0.0688. The van der Waals surface area contributed by atoms with Crippen LogP contribution < -0.4 is 4.90 Å². The van der Waals surface area contributed by atoms with Crippen molar-refractivity contribution in [3.8, 4) is 0 Å². The fourth-order valence-electron chi connectivity index (χ4n) is 1.98. The Hall–Kier alpha value is -2.08. The van der Waals surface area contributed by atoms with Crippen molar-refractivity contribution in [2.24, 2.45) is 0 Å². The molecule has 0 fully saturated rings. The number of carbonyl (C=O) groups is 1. The van der Waals surface area contributed by atoms with Crippen molar-refractivity contribution in [1.29, 1.82) is 0 Å². The summed E-state index contributed by atoms with van der Waals surface area (Å²) in [6.45, 7) is 5.05. The van der Waals surface area contributed by atoms with Crippen LogP contribution in [0.1, 0.15) is 24.3 Å². The second-order valence-electron chi connectivity index (χ2n) is 4.86. The van der Waals surface area contributed by atoms with E-state index in [9.17, 15) is 9.90 Å². The summed E-state index contributed by atoms with van der Waals surface area (Å²) < 4.78 is 7.07. The molecule has 0 radical (unpaired) electrons.